The summed E-state index contributed by atoms with van der Waals surface area (Å²) in [6, 6.07) is 6.32. The number of amides is 3. The zero-order valence-corrected chi connectivity index (χ0v) is 12.9. The minimum Gasteiger partial charge on any atom is -0.449 e. The van der Waals surface area contributed by atoms with Gasteiger partial charge in [-0.2, -0.15) is 0 Å². The molecule has 0 radical (unpaired) electrons. The number of urea groups is 1. The summed E-state index contributed by atoms with van der Waals surface area (Å²) >= 11 is 0. The van der Waals surface area contributed by atoms with Gasteiger partial charge in [0.1, 0.15) is 0 Å². The number of ether oxygens (including phenoxy) is 1. The number of carbonyl (C=O) groups is 3. The van der Waals surface area contributed by atoms with E-state index in [1.807, 2.05) is 13.8 Å². The van der Waals surface area contributed by atoms with E-state index >= 15 is 0 Å². The first-order chi connectivity index (χ1) is 10.3. The average Bonchev–Trinajstić information content (AvgIpc) is 2.44. The minimum absolute atomic E-state index is 0.0596. The van der Waals surface area contributed by atoms with Gasteiger partial charge in [-0.05, 0) is 38.5 Å². The van der Waals surface area contributed by atoms with Gasteiger partial charge in [0, 0.05) is 12.6 Å². The lowest BCUT2D eigenvalue weighted by Crippen LogP contribution is -2.39. The maximum absolute atomic E-state index is 11.7. The maximum atomic E-state index is 11.7. The first-order valence-electron chi connectivity index (χ1n) is 6.93. The summed E-state index contributed by atoms with van der Waals surface area (Å²) in [5.74, 6) is -1.33. The highest BCUT2D eigenvalue weighted by Crippen LogP contribution is 2.07. The van der Waals surface area contributed by atoms with Crippen molar-refractivity contribution in [1.29, 1.82) is 0 Å². The van der Waals surface area contributed by atoms with Crippen LogP contribution in [0.2, 0.25) is 0 Å². The molecular weight excluding hydrogens is 286 g/mol. The Kier molecular flexibility index (Phi) is 6.37. The molecule has 0 unspecified atom stereocenters. The van der Waals surface area contributed by atoms with Gasteiger partial charge in [0.05, 0.1) is 5.56 Å². The van der Waals surface area contributed by atoms with Crippen LogP contribution in [-0.2, 0) is 16.1 Å². The van der Waals surface area contributed by atoms with Crippen molar-refractivity contribution in [2.45, 2.75) is 39.5 Å². The van der Waals surface area contributed by atoms with E-state index in [2.05, 4.69) is 10.6 Å². The SMILES string of the molecule is CC(C)NC(=O)NCc1ccc(C(=O)O[C@@H](C)C(N)=O)cc1. The van der Waals surface area contributed by atoms with Gasteiger partial charge in [-0.3, -0.25) is 4.79 Å². The van der Waals surface area contributed by atoms with Crippen LogP contribution < -0.4 is 16.4 Å². The number of nitrogens with one attached hydrogen (secondary N) is 2. The highest BCUT2D eigenvalue weighted by molar-refractivity contribution is 5.91. The lowest BCUT2D eigenvalue weighted by Gasteiger charge is -2.11. The van der Waals surface area contributed by atoms with Gasteiger partial charge in [-0.1, -0.05) is 12.1 Å². The summed E-state index contributed by atoms with van der Waals surface area (Å²) in [6.45, 7) is 5.48. The lowest BCUT2D eigenvalue weighted by molar-refractivity contribution is -0.125. The van der Waals surface area contributed by atoms with Crippen molar-refractivity contribution in [3.63, 3.8) is 0 Å². The molecule has 0 aromatic heterocycles. The molecule has 0 saturated carbocycles. The number of primary amides is 1. The highest BCUT2D eigenvalue weighted by atomic mass is 16.5. The molecule has 0 heterocycles. The fourth-order valence-electron chi connectivity index (χ4n) is 1.54. The summed E-state index contributed by atoms with van der Waals surface area (Å²) in [5, 5.41) is 5.41. The summed E-state index contributed by atoms with van der Waals surface area (Å²) in [4.78, 5) is 34.0. The van der Waals surface area contributed by atoms with Crippen LogP contribution in [0.3, 0.4) is 0 Å². The topological polar surface area (TPSA) is 111 Å². The van der Waals surface area contributed by atoms with Crippen LogP contribution in [-0.4, -0.2) is 30.1 Å². The molecule has 0 saturated heterocycles. The number of nitrogens with two attached hydrogens (primary N) is 1. The Morgan fingerprint density at radius 1 is 1.14 bits per heavy atom. The molecule has 3 amide bonds. The second-order valence-corrected chi connectivity index (χ2v) is 5.13. The minimum atomic E-state index is -0.978. The largest absolute Gasteiger partial charge is 0.449 e. The third-order valence-electron chi connectivity index (χ3n) is 2.75. The van der Waals surface area contributed by atoms with Gasteiger partial charge in [0.15, 0.2) is 6.10 Å². The van der Waals surface area contributed by atoms with E-state index in [4.69, 9.17) is 10.5 Å². The van der Waals surface area contributed by atoms with Crippen molar-refractivity contribution in [3.8, 4) is 0 Å². The summed E-state index contributed by atoms with van der Waals surface area (Å²) in [7, 11) is 0. The Balaban J connectivity index is 2.54. The number of esters is 1. The molecule has 0 aliphatic carbocycles. The average molecular weight is 307 g/mol. The predicted octanol–water partition coefficient (Wildman–Crippen LogP) is 0.925. The Bertz CT molecular complexity index is 540. The number of benzene rings is 1. The lowest BCUT2D eigenvalue weighted by atomic mass is 10.1. The third-order valence-corrected chi connectivity index (χ3v) is 2.75. The molecule has 0 fully saturated rings. The van der Waals surface area contributed by atoms with Crippen molar-refractivity contribution in [1.82, 2.24) is 10.6 Å². The smallest absolute Gasteiger partial charge is 0.338 e. The zero-order chi connectivity index (χ0) is 16.7. The van der Waals surface area contributed by atoms with Crippen molar-refractivity contribution in [2.75, 3.05) is 0 Å². The van der Waals surface area contributed by atoms with E-state index in [1.54, 1.807) is 24.3 Å². The molecule has 4 N–H and O–H groups in total. The van der Waals surface area contributed by atoms with E-state index in [0.29, 0.717) is 12.1 Å². The molecule has 0 spiro atoms. The third kappa shape index (κ3) is 5.82. The van der Waals surface area contributed by atoms with Crippen molar-refractivity contribution in [2.24, 2.45) is 5.73 Å². The fourth-order valence-corrected chi connectivity index (χ4v) is 1.54. The van der Waals surface area contributed by atoms with E-state index < -0.39 is 18.0 Å². The molecule has 0 bridgehead atoms. The molecule has 1 rings (SSSR count). The molecule has 0 aliphatic rings. The fraction of sp³-hybridized carbons (Fsp3) is 0.400. The molecule has 7 heteroatoms. The van der Waals surface area contributed by atoms with Crippen LogP contribution >= 0.6 is 0 Å². The van der Waals surface area contributed by atoms with Crippen LogP contribution in [0.1, 0.15) is 36.7 Å². The van der Waals surface area contributed by atoms with E-state index in [0.717, 1.165) is 5.56 Å². The van der Waals surface area contributed by atoms with Gasteiger partial charge < -0.3 is 21.1 Å². The quantitative estimate of drug-likeness (QED) is 0.679. The van der Waals surface area contributed by atoms with Crippen LogP contribution in [0.15, 0.2) is 24.3 Å². The molecule has 1 aromatic carbocycles. The first kappa shape index (κ1) is 17.5. The second kappa shape index (κ2) is 8.02. The second-order valence-electron chi connectivity index (χ2n) is 5.13. The normalized spacial score (nSPS) is 11.6. The number of hydrogen-bond donors (Lipinski definition) is 3. The van der Waals surface area contributed by atoms with Crippen LogP contribution in [0, 0.1) is 0 Å². The number of rotatable bonds is 6. The molecule has 1 aromatic rings. The van der Waals surface area contributed by atoms with Crippen molar-refractivity contribution >= 4 is 17.9 Å². The molecular formula is C15H21N3O4. The van der Waals surface area contributed by atoms with Gasteiger partial charge >= 0.3 is 12.0 Å². The molecule has 7 nitrogen and oxygen atoms in total. The Hall–Kier alpha value is -2.57. The number of carbonyl (C=O) groups excluding carboxylic acids is 3. The molecule has 22 heavy (non-hydrogen) atoms. The van der Waals surface area contributed by atoms with Gasteiger partial charge in [0.2, 0.25) is 0 Å². The zero-order valence-electron chi connectivity index (χ0n) is 12.9. The first-order valence-corrected chi connectivity index (χ1v) is 6.93. The number of hydrogen-bond acceptors (Lipinski definition) is 4. The van der Waals surface area contributed by atoms with E-state index in [-0.39, 0.29) is 12.1 Å². The summed E-state index contributed by atoms with van der Waals surface area (Å²) in [6.07, 6.45) is -0.978. The van der Waals surface area contributed by atoms with Gasteiger partial charge in [-0.25, -0.2) is 9.59 Å². The van der Waals surface area contributed by atoms with Crippen LogP contribution in [0.25, 0.3) is 0 Å². The Morgan fingerprint density at radius 2 is 1.73 bits per heavy atom. The maximum Gasteiger partial charge on any atom is 0.338 e. The van der Waals surface area contributed by atoms with Crippen molar-refractivity contribution < 1.29 is 19.1 Å². The van der Waals surface area contributed by atoms with E-state index in [1.165, 1.54) is 6.92 Å². The highest BCUT2D eigenvalue weighted by Gasteiger charge is 2.15. The predicted molar refractivity (Wildman–Crippen MR) is 81.0 cm³/mol. The van der Waals surface area contributed by atoms with Gasteiger partial charge in [0.25, 0.3) is 5.91 Å². The summed E-state index contributed by atoms with van der Waals surface area (Å²) in [5.41, 5.74) is 6.17. The molecule has 120 valence electrons. The Morgan fingerprint density at radius 3 is 2.23 bits per heavy atom. The van der Waals surface area contributed by atoms with Crippen molar-refractivity contribution in [3.05, 3.63) is 35.4 Å². The monoisotopic (exact) mass is 307 g/mol. The Labute approximate surface area is 129 Å². The summed E-state index contributed by atoms with van der Waals surface area (Å²) < 4.78 is 4.89. The molecule has 1 atom stereocenters. The standard InChI is InChI=1S/C15H21N3O4/c1-9(2)18-15(21)17-8-11-4-6-12(7-5-11)14(20)22-10(3)13(16)19/h4-7,9-10H,8H2,1-3H3,(H2,16,19)(H2,17,18,21)/t10-/m0/s1. The van der Waals surface area contributed by atoms with E-state index in [9.17, 15) is 14.4 Å². The van der Waals surface area contributed by atoms with Crippen LogP contribution in [0.4, 0.5) is 4.79 Å². The molecule has 0 aliphatic heterocycles. The van der Waals surface area contributed by atoms with Crippen LogP contribution in [0.5, 0.6) is 0 Å². The van der Waals surface area contributed by atoms with Gasteiger partial charge in [-0.15, -0.1) is 0 Å².